The number of halogens is 1. The fraction of sp³-hybridized carbons (Fsp3) is 0.538. The Hall–Kier alpha value is -0.380. The zero-order valence-electron chi connectivity index (χ0n) is 10.0. The van der Waals surface area contributed by atoms with Crippen LogP contribution in [0.2, 0.25) is 0 Å². The summed E-state index contributed by atoms with van der Waals surface area (Å²) >= 11 is 3.59. The van der Waals surface area contributed by atoms with Crippen molar-refractivity contribution in [3.05, 3.63) is 35.9 Å². The lowest BCUT2D eigenvalue weighted by molar-refractivity contribution is 0.159. The molecule has 1 rings (SSSR count). The Labute approximate surface area is 107 Å². The van der Waals surface area contributed by atoms with Gasteiger partial charge >= 0.3 is 0 Å². The molecule has 1 aromatic rings. The maximum absolute atomic E-state index is 5.08. The first-order chi connectivity index (χ1) is 7.77. The van der Waals surface area contributed by atoms with Crippen molar-refractivity contribution in [1.29, 1.82) is 0 Å². The van der Waals surface area contributed by atoms with Crippen molar-refractivity contribution in [1.82, 2.24) is 4.90 Å². The van der Waals surface area contributed by atoms with Crippen molar-refractivity contribution in [3.8, 4) is 0 Å². The number of methoxy groups -OCH3 is 1. The highest BCUT2D eigenvalue weighted by Crippen LogP contribution is 2.18. The first kappa shape index (κ1) is 13.7. The Balaban J connectivity index is 2.49. The predicted molar refractivity (Wildman–Crippen MR) is 72.4 cm³/mol. The third kappa shape index (κ3) is 4.64. The lowest BCUT2D eigenvalue weighted by atomic mass is 10.0. The van der Waals surface area contributed by atoms with Gasteiger partial charge in [0.2, 0.25) is 0 Å². The molecule has 0 spiro atoms. The summed E-state index contributed by atoms with van der Waals surface area (Å²) in [5.74, 6) is 0.544. The molecule has 0 amide bonds. The van der Waals surface area contributed by atoms with Crippen LogP contribution in [0, 0.1) is 0 Å². The molecule has 0 radical (unpaired) electrons. The molecule has 2 nitrogen and oxygen atoms in total. The average Bonchev–Trinajstić information content (AvgIpc) is 2.34. The van der Waals surface area contributed by atoms with E-state index in [2.05, 4.69) is 58.2 Å². The van der Waals surface area contributed by atoms with Gasteiger partial charge in [0.1, 0.15) is 0 Å². The van der Waals surface area contributed by atoms with Crippen LogP contribution in [-0.4, -0.2) is 44.1 Å². The monoisotopic (exact) mass is 285 g/mol. The van der Waals surface area contributed by atoms with E-state index in [4.69, 9.17) is 4.74 Å². The van der Waals surface area contributed by atoms with Crippen molar-refractivity contribution in [2.75, 3.05) is 39.2 Å². The Bertz CT molecular complexity index is 279. The first-order valence-corrected chi connectivity index (χ1v) is 6.68. The van der Waals surface area contributed by atoms with Gasteiger partial charge in [-0.3, -0.25) is 0 Å². The first-order valence-electron chi connectivity index (χ1n) is 5.56. The minimum Gasteiger partial charge on any atom is -0.383 e. The molecular formula is C13H20BrNO. The van der Waals surface area contributed by atoms with Crippen LogP contribution in [0.4, 0.5) is 0 Å². The zero-order chi connectivity index (χ0) is 11.8. The van der Waals surface area contributed by atoms with E-state index in [1.54, 1.807) is 7.11 Å². The standard InChI is InChI=1S/C13H20BrNO/c1-15(8-9-16-2)11-13(10-14)12-6-4-3-5-7-12/h3-7,13H,8-11H2,1-2H3. The van der Waals surface area contributed by atoms with Crippen LogP contribution in [-0.2, 0) is 4.74 Å². The fourth-order valence-electron chi connectivity index (χ4n) is 1.68. The minimum absolute atomic E-state index is 0.544. The molecule has 1 atom stereocenters. The summed E-state index contributed by atoms with van der Waals surface area (Å²) in [5.41, 5.74) is 1.39. The topological polar surface area (TPSA) is 12.5 Å². The molecule has 0 fully saturated rings. The maximum Gasteiger partial charge on any atom is 0.0589 e. The molecule has 16 heavy (non-hydrogen) atoms. The van der Waals surface area contributed by atoms with Crippen molar-refractivity contribution >= 4 is 15.9 Å². The molecule has 0 aromatic heterocycles. The maximum atomic E-state index is 5.08. The molecule has 0 bridgehead atoms. The fourth-order valence-corrected chi connectivity index (χ4v) is 2.26. The summed E-state index contributed by atoms with van der Waals surface area (Å²) in [7, 11) is 3.88. The Morgan fingerprint density at radius 2 is 2.00 bits per heavy atom. The van der Waals surface area contributed by atoms with E-state index in [0.29, 0.717) is 5.92 Å². The van der Waals surface area contributed by atoms with Gasteiger partial charge in [0.05, 0.1) is 6.61 Å². The van der Waals surface area contributed by atoms with E-state index in [1.807, 2.05) is 0 Å². The highest BCUT2D eigenvalue weighted by Gasteiger charge is 2.12. The largest absolute Gasteiger partial charge is 0.383 e. The molecule has 0 saturated carbocycles. The number of rotatable bonds is 7. The highest BCUT2D eigenvalue weighted by atomic mass is 79.9. The van der Waals surface area contributed by atoms with E-state index >= 15 is 0 Å². The molecule has 0 N–H and O–H groups in total. The van der Waals surface area contributed by atoms with E-state index in [9.17, 15) is 0 Å². The van der Waals surface area contributed by atoms with E-state index < -0.39 is 0 Å². The van der Waals surface area contributed by atoms with E-state index in [-0.39, 0.29) is 0 Å². The third-order valence-electron chi connectivity index (χ3n) is 2.67. The molecule has 3 heteroatoms. The number of hydrogen-bond acceptors (Lipinski definition) is 2. The number of alkyl halides is 1. The van der Waals surface area contributed by atoms with Crippen LogP contribution >= 0.6 is 15.9 Å². The van der Waals surface area contributed by atoms with Crippen LogP contribution < -0.4 is 0 Å². The van der Waals surface area contributed by atoms with Gasteiger partial charge in [0.15, 0.2) is 0 Å². The number of hydrogen-bond donors (Lipinski definition) is 0. The second kappa shape index (κ2) is 7.82. The lowest BCUT2D eigenvalue weighted by Gasteiger charge is -2.22. The smallest absolute Gasteiger partial charge is 0.0589 e. The predicted octanol–water partition coefficient (Wildman–Crippen LogP) is 2.74. The number of ether oxygens (including phenoxy) is 1. The van der Waals surface area contributed by atoms with Gasteiger partial charge in [-0.2, -0.15) is 0 Å². The normalized spacial score (nSPS) is 13.0. The molecular weight excluding hydrogens is 266 g/mol. The number of benzene rings is 1. The van der Waals surface area contributed by atoms with Gasteiger partial charge in [-0.25, -0.2) is 0 Å². The van der Waals surface area contributed by atoms with Crippen LogP contribution in [0.15, 0.2) is 30.3 Å². The van der Waals surface area contributed by atoms with Crippen molar-refractivity contribution in [2.24, 2.45) is 0 Å². The van der Waals surface area contributed by atoms with Crippen molar-refractivity contribution in [2.45, 2.75) is 5.92 Å². The van der Waals surface area contributed by atoms with Gasteiger partial charge in [-0.1, -0.05) is 46.3 Å². The molecule has 0 aliphatic carbocycles. The molecule has 0 aliphatic heterocycles. The lowest BCUT2D eigenvalue weighted by Crippen LogP contribution is -2.28. The molecule has 0 saturated heterocycles. The summed E-state index contributed by atoms with van der Waals surface area (Å²) in [6.07, 6.45) is 0. The number of nitrogens with zero attached hydrogens (tertiary/aromatic N) is 1. The van der Waals surface area contributed by atoms with Gasteiger partial charge in [0, 0.05) is 31.4 Å². The molecule has 0 heterocycles. The van der Waals surface area contributed by atoms with E-state index in [1.165, 1.54) is 5.56 Å². The quantitative estimate of drug-likeness (QED) is 0.715. The van der Waals surface area contributed by atoms with Crippen molar-refractivity contribution < 1.29 is 4.74 Å². The van der Waals surface area contributed by atoms with Gasteiger partial charge in [-0.15, -0.1) is 0 Å². The SMILES string of the molecule is COCCN(C)CC(CBr)c1ccccc1. The Kier molecular flexibility index (Phi) is 6.69. The summed E-state index contributed by atoms with van der Waals surface area (Å²) in [6.45, 7) is 2.83. The van der Waals surface area contributed by atoms with Gasteiger partial charge < -0.3 is 9.64 Å². The summed E-state index contributed by atoms with van der Waals surface area (Å²) < 4.78 is 5.08. The minimum atomic E-state index is 0.544. The zero-order valence-corrected chi connectivity index (χ0v) is 11.6. The Morgan fingerprint density at radius 3 is 2.56 bits per heavy atom. The third-order valence-corrected chi connectivity index (χ3v) is 3.45. The van der Waals surface area contributed by atoms with Crippen molar-refractivity contribution in [3.63, 3.8) is 0 Å². The molecule has 1 aromatic carbocycles. The molecule has 90 valence electrons. The molecule has 1 unspecified atom stereocenters. The van der Waals surface area contributed by atoms with E-state index in [0.717, 1.165) is 25.0 Å². The van der Waals surface area contributed by atoms with Gasteiger partial charge in [-0.05, 0) is 12.6 Å². The average molecular weight is 286 g/mol. The van der Waals surface area contributed by atoms with Crippen LogP contribution in [0.3, 0.4) is 0 Å². The van der Waals surface area contributed by atoms with Crippen LogP contribution in [0.25, 0.3) is 0 Å². The van der Waals surface area contributed by atoms with Crippen LogP contribution in [0.1, 0.15) is 11.5 Å². The summed E-state index contributed by atoms with van der Waals surface area (Å²) in [5, 5.41) is 0.994. The highest BCUT2D eigenvalue weighted by molar-refractivity contribution is 9.09. The van der Waals surface area contributed by atoms with Crippen LogP contribution in [0.5, 0.6) is 0 Å². The summed E-state index contributed by atoms with van der Waals surface area (Å²) in [4.78, 5) is 2.31. The Morgan fingerprint density at radius 1 is 1.31 bits per heavy atom. The summed E-state index contributed by atoms with van der Waals surface area (Å²) in [6, 6.07) is 10.6. The van der Waals surface area contributed by atoms with Gasteiger partial charge in [0.25, 0.3) is 0 Å². The number of likely N-dealkylation sites (N-methyl/N-ethyl adjacent to an activating group) is 1. The molecule has 0 aliphatic rings. The second-order valence-corrected chi connectivity index (χ2v) is 4.66. The second-order valence-electron chi connectivity index (χ2n) is 4.02.